The van der Waals surface area contributed by atoms with E-state index in [1.54, 1.807) is 52.0 Å². The molecule has 0 aliphatic rings. The zero-order valence-corrected chi connectivity index (χ0v) is 15.2. The Morgan fingerprint density at radius 1 is 1.16 bits per heavy atom. The second-order valence-corrected chi connectivity index (χ2v) is 6.67. The number of ether oxygens (including phenoxy) is 1. The molecule has 0 bridgehead atoms. The van der Waals surface area contributed by atoms with Crippen molar-refractivity contribution in [3.63, 3.8) is 0 Å². The van der Waals surface area contributed by atoms with Crippen LogP contribution in [0.5, 0.6) is 5.75 Å². The number of non-ortho nitro benzene ring substituents is 1. The quantitative estimate of drug-likeness (QED) is 0.619. The smallest absolute Gasteiger partial charge is 0.270 e. The number of hydrogen-bond acceptors (Lipinski definition) is 4. The summed E-state index contributed by atoms with van der Waals surface area (Å²) in [6.07, 6.45) is 0. The fourth-order valence-electron chi connectivity index (χ4n) is 2.35. The summed E-state index contributed by atoms with van der Waals surface area (Å²) in [5.41, 5.74) is 0.617. The maximum absolute atomic E-state index is 12.6. The molecule has 0 radical (unpaired) electrons. The summed E-state index contributed by atoms with van der Waals surface area (Å²) in [4.78, 5) is 23.1. The van der Waals surface area contributed by atoms with Crippen molar-refractivity contribution >= 4 is 28.9 Å². The number of amides is 1. The fraction of sp³-hybridized carbons (Fsp3) is 0.278. The SMILES string of the molecule is Cc1cc([N+](=O)[O-])cc(C)c1NC(=O)C(C)(C)Oc1ccc(Cl)cc1. The topological polar surface area (TPSA) is 81.5 Å². The van der Waals surface area contributed by atoms with Crippen LogP contribution in [0.4, 0.5) is 11.4 Å². The Morgan fingerprint density at radius 2 is 1.68 bits per heavy atom. The maximum Gasteiger partial charge on any atom is 0.270 e. The van der Waals surface area contributed by atoms with E-state index in [4.69, 9.17) is 16.3 Å². The third kappa shape index (κ3) is 4.48. The van der Waals surface area contributed by atoms with E-state index in [0.29, 0.717) is 27.6 Å². The van der Waals surface area contributed by atoms with Gasteiger partial charge in [-0.25, -0.2) is 0 Å². The molecular weight excluding hydrogens is 344 g/mol. The molecule has 0 aliphatic heterocycles. The summed E-state index contributed by atoms with van der Waals surface area (Å²) in [6.45, 7) is 6.71. The minimum Gasteiger partial charge on any atom is -0.478 e. The number of nitrogens with zero attached hydrogens (tertiary/aromatic N) is 1. The summed E-state index contributed by atoms with van der Waals surface area (Å²) < 4.78 is 5.75. The Hall–Kier alpha value is -2.60. The lowest BCUT2D eigenvalue weighted by Gasteiger charge is -2.26. The molecular formula is C18H19ClN2O4. The molecule has 0 aliphatic carbocycles. The second-order valence-electron chi connectivity index (χ2n) is 6.23. The molecule has 0 fully saturated rings. The zero-order chi connectivity index (χ0) is 18.8. The molecule has 0 unspecified atom stereocenters. The number of nitro benzene ring substituents is 1. The van der Waals surface area contributed by atoms with Crippen LogP contribution in [0.25, 0.3) is 0 Å². The van der Waals surface area contributed by atoms with E-state index in [1.807, 2.05) is 0 Å². The van der Waals surface area contributed by atoms with Crippen LogP contribution < -0.4 is 10.1 Å². The molecule has 0 saturated carbocycles. The summed E-state index contributed by atoms with van der Waals surface area (Å²) in [7, 11) is 0. The van der Waals surface area contributed by atoms with Gasteiger partial charge in [-0.05, 0) is 63.1 Å². The first-order valence-corrected chi connectivity index (χ1v) is 7.99. The van der Waals surface area contributed by atoms with Crippen molar-refractivity contribution in [3.8, 4) is 5.75 Å². The van der Waals surface area contributed by atoms with E-state index in [-0.39, 0.29) is 11.6 Å². The number of benzene rings is 2. The minimum absolute atomic E-state index is 0.00956. The lowest BCUT2D eigenvalue weighted by molar-refractivity contribution is -0.384. The Balaban J connectivity index is 2.20. The van der Waals surface area contributed by atoms with Gasteiger partial charge in [0.1, 0.15) is 5.75 Å². The number of rotatable bonds is 5. The van der Waals surface area contributed by atoms with Gasteiger partial charge in [0.15, 0.2) is 5.60 Å². The van der Waals surface area contributed by atoms with Gasteiger partial charge in [-0.1, -0.05) is 11.6 Å². The van der Waals surface area contributed by atoms with Crippen molar-refractivity contribution in [1.29, 1.82) is 0 Å². The summed E-state index contributed by atoms with van der Waals surface area (Å²) in [6, 6.07) is 9.57. The lowest BCUT2D eigenvalue weighted by atomic mass is 10.0. The minimum atomic E-state index is -1.14. The highest BCUT2D eigenvalue weighted by atomic mass is 35.5. The number of hydrogen-bond donors (Lipinski definition) is 1. The molecule has 2 aromatic rings. The summed E-state index contributed by atoms with van der Waals surface area (Å²) >= 11 is 5.84. The van der Waals surface area contributed by atoms with Crippen molar-refractivity contribution in [3.05, 3.63) is 62.7 Å². The van der Waals surface area contributed by atoms with Crippen LogP contribution in [-0.4, -0.2) is 16.4 Å². The van der Waals surface area contributed by atoms with Crippen LogP contribution in [0.2, 0.25) is 5.02 Å². The number of carbonyl (C=O) groups excluding carboxylic acids is 1. The molecule has 7 heteroatoms. The van der Waals surface area contributed by atoms with Crippen LogP contribution in [0, 0.1) is 24.0 Å². The average molecular weight is 363 g/mol. The maximum atomic E-state index is 12.6. The van der Waals surface area contributed by atoms with Gasteiger partial charge < -0.3 is 10.1 Å². The highest BCUT2D eigenvalue weighted by Crippen LogP contribution is 2.28. The highest BCUT2D eigenvalue weighted by molar-refractivity contribution is 6.30. The van der Waals surface area contributed by atoms with Crippen LogP contribution in [-0.2, 0) is 4.79 Å². The predicted octanol–water partition coefficient (Wildman–Crippen LogP) is 4.66. The average Bonchev–Trinajstić information content (AvgIpc) is 2.52. The molecule has 132 valence electrons. The van der Waals surface area contributed by atoms with Crippen LogP contribution in [0.1, 0.15) is 25.0 Å². The Kier molecular flexibility index (Phi) is 5.33. The van der Waals surface area contributed by atoms with Crippen molar-refractivity contribution in [2.24, 2.45) is 0 Å². The van der Waals surface area contributed by atoms with Crippen molar-refractivity contribution in [2.45, 2.75) is 33.3 Å². The first kappa shape index (κ1) is 18.7. The largest absolute Gasteiger partial charge is 0.478 e. The van der Waals surface area contributed by atoms with Crippen molar-refractivity contribution in [1.82, 2.24) is 0 Å². The Bertz CT molecular complexity index is 793. The molecule has 1 amide bonds. The zero-order valence-electron chi connectivity index (χ0n) is 14.4. The predicted molar refractivity (Wildman–Crippen MR) is 97.4 cm³/mol. The van der Waals surface area contributed by atoms with Crippen LogP contribution in [0.15, 0.2) is 36.4 Å². The molecule has 0 spiro atoms. The third-order valence-corrected chi connectivity index (χ3v) is 3.95. The van der Waals surface area contributed by atoms with Gasteiger partial charge in [-0.2, -0.15) is 0 Å². The van der Waals surface area contributed by atoms with Crippen LogP contribution >= 0.6 is 11.6 Å². The number of nitro groups is 1. The normalized spacial score (nSPS) is 11.1. The number of carbonyl (C=O) groups is 1. The molecule has 1 N–H and O–H groups in total. The van der Waals surface area contributed by atoms with E-state index < -0.39 is 10.5 Å². The fourth-order valence-corrected chi connectivity index (χ4v) is 2.48. The number of nitrogens with one attached hydrogen (secondary N) is 1. The first-order valence-electron chi connectivity index (χ1n) is 7.62. The number of aryl methyl sites for hydroxylation is 2. The van der Waals surface area contributed by atoms with E-state index in [1.165, 1.54) is 12.1 Å². The first-order chi connectivity index (χ1) is 11.6. The molecule has 0 atom stereocenters. The van der Waals surface area contributed by atoms with E-state index in [9.17, 15) is 14.9 Å². The molecule has 2 rings (SSSR count). The van der Waals surface area contributed by atoms with E-state index in [0.717, 1.165) is 0 Å². The second kappa shape index (κ2) is 7.11. The standard InChI is InChI=1S/C18H19ClN2O4/c1-11-9-14(21(23)24)10-12(2)16(11)20-17(22)18(3,4)25-15-7-5-13(19)6-8-15/h5-10H,1-4H3,(H,20,22). The van der Waals surface area contributed by atoms with Gasteiger partial charge in [0.2, 0.25) is 0 Å². The van der Waals surface area contributed by atoms with E-state index in [2.05, 4.69) is 5.32 Å². The molecule has 0 heterocycles. The van der Waals surface area contributed by atoms with Crippen molar-refractivity contribution < 1.29 is 14.5 Å². The van der Waals surface area contributed by atoms with Crippen molar-refractivity contribution in [2.75, 3.05) is 5.32 Å². The number of anilines is 1. The van der Waals surface area contributed by atoms with Gasteiger partial charge in [0.25, 0.3) is 11.6 Å². The molecule has 0 saturated heterocycles. The van der Waals surface area contributed by atoms with Crippen LogP contribution in [0.3, 0.4) is 0 Å². The molecule has 25 heavy (non-hydrogen) atoms. The third-order valence-electron chi connectivity index (χ3n) is 3.70. The highest BCUT2D eigenvalue weighted by Gasteiger charge is 2.31. The molecule has 6 nitrogen and oxygen atoms in total. The van der Waals surface area contributed by atoms with Gasteiger partial charge in [-0.3, -0.25) is 14.9 Å². The summed E-state index contributed by atoms with van der Waals surface area (Å²) in [5, 5.41) is 14.3. The van der Waals surface area contributed by atoms with Gasteiger partial charge in [0, 0.05) is 22.8 Å². The van der Waals surface area contributed by atoms with Gasteiger partial charge in [0.05, 0.1) is 4.92 Å². The monoisotopic (exact) mass is 362 g/mol. The summed E-state index contributed by atoms with van der Waals surface area (Å²) in [5.74, 6) is 0.157. The van der Waals surface area contributed by atoms with Gasteiger partial charge >= 0.3 is 0 Å². The van der Waals surface area contributed by atoms with Gasteiger partial charge in [-0.15, -0.1) is 0 Å². The molecule has 0 aromatic heterocycles. The Morgan fingerprint density at radius 3 is 2.16 bits per heavy atom. The number of halogens is 1. The molecule has 2 aromatic carbocycles. The Labute approximate surface area is 150 Å². The lowest BCUT2D eigenvalue weighted by Crippen LogP contribution is -2.42. The van der Waals surface area contributed by atoms with E-state index >= 15 is 0 Å².